The van der Waals surface area contributed by atoms with Crippen molar-refractivity contribution < 1.29 is 14.4 Å². The molecule has 1 heterocycles. The average Bonchev–Trinajstić information content (AvgIpc) is 2.49. The molecule has 3 nitrogen and oxygen atoms in total. The normalized spacial score (nSPS) is 17.5. The largest absolute Gasteiger partial charge is 0.477 e. The molecule has 1 N–H and O–H groups in total. The summed E-state index contributed by atoms with van der Waals surface area (Å²) in [6.45, 7) is 8.21. The van der Waals surface area contributed by atoms with Crippen LogP contribution in [0.25, 0.3) is 0 Å². The van der Waals surface area contributed by atoms with Gasteiger partial charge in [-0.2, -0.15) is 0 Å². The second-order valence-electron chi connectivity index (χ2n) is 8.14. The molecule has 1 aliphatic rings. The minimum atomic E-state index is -0.617. The van der Waals surface area contributed by atoms with Crippen LogP contribution in [0.1, 0.15) is 90.9 Å². The number of piperidine rings is 1. The molecule has 0 aromatic carbocycles. The minimum Gasteiger partial charge on any atom is -0.477 e. The lowest BCUT2D eigenvalue weighted by atomic mass is 10.0. The van der Waals surface area contributed by atoms with Gasteiger partial charge in [0.15, 0.2) is 6.54 Å². The maximum absolute atomic E-state index is 11.2. The van der Waals surface area contributed by atoms with Crippen LogP contribution in [0.4, 0.5) is 0 Å². The Balaban J connectivity index is 2.03. The molecule has 0 radical (unpaired) electrons. The molecule has 1 rings (SSSR count). The first kappa shape index (κ1) is 20.5. The SMILES string of the molecule is CC(C)CCCCCCCCCC[N+]1(CC(=O)O)CCCCC1. The van der Waals surface area contributed by atoms with E-state index in [2.05, 4.69) is 13.8 Å². The number of aliphatic carboxylic acids is 1. The van der Waals surface area contributed by atoms with Crippen molar-refractivity contribution in [3.05, 3.63) is 0 Å². The number of rotatable bonds is 13. The van der Waals surface area contributed by atoms with E-state index in [1.807, 2.05) is 0 Å². The molecule has 0 atom stereocenters. The van der Waals surface area contributed by atoms with Crippen molar-refractivity contribution in [2.24, 2.45) is 5.92 Å². The predicted octanol–water partition coefficient (Wildman–Crippen LogP) is 5.24. The lowest BCUT2D eigenvalue weighted by molar-refractivity contribution is -0.926. The van der Waals surface area contributed by atoms with Gasteiger partial charge in [-0.05, 0) is 38.0 Å². The smallest absolute Gasteiger partial charge is 0.359 e. The van der Waals surface area contributed by atoms with Crippen LogP contribution in [0.5, 0.6) is 0 Å². The van der Waals surface area contributed by atoms with E-state index in [4.69, 9.17) is 0 Å². The Morgan fingerprint density at radius 1 is 0.870 bits per heavy atom. The van der Waals surface area contributed by atoms with Gasteiger partial charge in [0.05, 0.1) is 19.6 Å². The Hall–Kier alpha value is -0.570. The molecule has 0 unspecified atom stereocenters. The topological polar surface area (TPSA) is 37.3 Å². The van der Waals surface area contributed by atoms with E-state index in [1.54, 1.807) is 0 Å². The summed E-state index contributed by atoms with van der Waals surface area (Å²) in [7, 11) is 0. The highest BCUT2D eigenvalue weighted by Gasteiger charge is 2.31. The van der Waals surface area contributed by atoms with Crippen LogP contribution in [0, 0.1) is 5.92 Å². The monoisotopic (exact) mass is 326 g/mol. The average molecular weight is 327 g/mol. The molecule has 0 amide bonds. The number of quaternary nitrogens is 1. The molecule has 0 aliphatic carbocycles. The standard InChI is InChI=1S/C20H39NO2/c1-19(2)14-10-7-5-3-4-6-8-11-15-21(18-20(22)23)16-12-9-13-17-21/h19H,3-18H2,1-2H3/p+1. The number of nitrogens with zero attached hydrogens (tertiary/aromatic N) is 1. The quantitative estimate of drug-likeness (QED) is 0.371. The first-order valence-electron chi connectivity index (χ1n) is 10.1. The van der Waals surface area contributed by atoms with Crippen LogP contribution in [0.15, 0.2) is 0 Å². The number of hydrogen-bond donors (Lipinski definition) is 1. The molecule has 0 saturated carbocycles. The van der Waals surface area contributed by atoms with Gasteiger partial charge in [0.1, 0.15) is 0 Å². The Labute approximate surface area is 144 Å². The van der Waals surface area contributed by atoms with Crippen LogP contribution in [-0.4, -0.2) is 41.7 Å². The lowest BCUT2D eigenvalue weighted by Crippen LogP contribution is -2.54. The fourth-order valence-electron chi connectivity index (χ4n) is 3.99. The van der Waals surface area contributed by atoms with Crippen LogP contribution >= 0.6 is 0 Å². The third kappa shape index (κ3) is 10.0. The summed E-state index contributed by atoms with van der Waals surface area (Å²) in [5.74, 6) is 0.235. The molecule has 23 heavy (non-hydrogen) atoms. The third-order valence-corrected chi connectivity index (χ3v) is 5.40. The van der Waals surface area contributed by atoms with Gasteiger partial charge in [0.25, 0.3) is 0 Å². The Kier molecular flexibility index (Phi) is 10.6. The van der Waals surface area contributed by atoms with Crippen LogP contribution < -0.4 is 0 Å². The highest BCUT2D eigenvalue weighted by Crippen LogP contribution is 2.21. The maximum atomic E-state index is 11.2. The Morgan fingerprint density at radius 3 is 1.91 bits per heavy atom. The molecule has 0 aromatic rings. The lowest BCUT2D eigenvalue weighted by Gasteiger charge is -2.40. The Bertz CT molecular complexity index is 309. The van der Waals surface area contributed by atoms with Gasteiger partial charge in [-0.1, -0.05) is 58.8 Å². The molecule has 136 valence electrons. The zero-order valence-corrected chi connectivity index (χ0v) is 15.7. The highest BCUT2D eigenvalue weighted by molar-refractivity contribution is 5.67. The third-order valence-electron chi connectivity index (χ3n) is 5.40. The molecule has 0 spiro atoms. The number of unbranched alkanes of at least 4 members (excludes halogenated alkanes) is 7. The number of hydrogen-bond acceptors (Lipinski definition) is 1. The second-order valence-corrected chi connectivity index (χ2v) is 8.14. The zero-order chi connectivity index (χ0) is 17.0. The summed E-state index contributed by atoms with van der Waals surface area (Å²) in [5.41, 5.74) is 0. The number of carbonyl (C=O) groups is 1. The summed E-state index contributed by atoms with van der Waals surface area (Å²) >= 11 is 0. The summed E-state index contributed by atoms with van der Waals surface area (Å²) in [6, 6.07) is 0. The van der Waals surface area contributed by atoms with E-state index < -0.39 is 5.97 Å². The van der Waals surface area contributed by atoms with Gasteiger partial charge in [-0.25, -0.2) is 4.79 Å². The first-order chi connectivity index (χ1) is 11.0. The number of carboxylic acid groups (broad SMARTS) is 1. The highest BCUT2D eigenvalue weighted by atomic mass is 16.4. The van der Waals surface area contributed by atoms with Crippen LogP contribution in [0.2, 0.25) is 0 Å². The zero-order valence-electron chi connectivity index (χ0n) is 15.7. The van der Waals surface area contributed by atoms with Gasteiger partial charge >= 0.3 is 5.97 Å². The van der Waals surface area contributed by atoms with Gasteiger partial charge < -0.3 is 9.59 Å². The predicted molar refractivity (Wildman–Crippen MR) is 97.6 cm³/mol. The van der Waals surface area contributed by atoms with Crippen LogP contribution in [-0.2, 0) is 4.79 Å². The second kappa shape index (κ2) is 11.9. The molecular formula is C20H40NO2+. The van der Waals surface area contributed by atoms with E-state index in [9.17, 15) is 9.90 Å². The number of likely N-dealkylation sites (tertiary alicyclic amines) is 1. The van der Waals surface area contributed by atoms with Crippen LogP contribution in [0.3, 0.4) is 0 Å². The molecule has 1 fully saturated rings. The molecule has 1 saturated heterocycles. The first-order valence-corrected chi connectivity index (χ1v) is 10.1. The summed E-state index contributed by atoms with van der Waals surface area (Å²) in [6.07, 6.45) is 15.8. The van der Waals surface area contributed by atoms with Gasteiger partial charge in [0, 0.05) is 0 Å². The van der Waals surface area contributed by atoms with E-state index >= 15 is 0 Å². The van der Waals surface area contributed by atoms with E-state index in [-0.39, 0.29) is 0 Å². The fraction of sp³-hybridized carbons (Fsp3) is 0.950. The Morgan fingerprint density at radius 2 is 1.39 bits per heavy atom. The molecular weight excluding hydrogens is 286 g/mol. The summed E-state index contributed by atoms with van der Waals surface area (Å²) in [4.78, 5) is 11.2. The van der Waals surface area contributed by atoms with Gasteiger partial charge in [0.2, 0.25) is 0 Å². The fourth-order valence-corrected chi connectivity index (χ4v) is 3.99. The van der Waals surface area contributed by atoms with E-state index in [1.165, 1.54) is 77.0 Å². The van der Waals surface area contributed by atoms with Crippen molar-refractivity contribution in [1.82, 2.24) is 0 Å². The summed E-state index contributed by atoms with van der Waals surface area (Å²) in [5, 5.41) is 9.19. The van der Waals surface area contributed by atoms with Crippen molar-refractivity contribution in [2.75, 3.05) is 26.2 Å². The number of carboxylic acids is 1. The van der Waals surface area contributed by atoms with E-state index in [0.29, 0.717) is 6.54 Å². The summed E-state index contributed by atoms with van der Waals surface area (Å²) < 4.78 is 0.852. The van der Waals surface area contributed by atoms with Crippen molar-refractivity contribution in [3.63, 3.8) is 0 Å². The van der Waals surface area contributed by atoms with Gasteiger partial charge in [-0.3, -0.25) is 0 Å². The van der Waals surface area contributed by atoms with Crippen molar-refractivity contribution in [2.45, 2.75) is 90.9 Å². The van der Waals surface area contributed by atoms with E-state index in [0.717, 1.165) is 30.0 Å². The van der Waals surface area contributed by atoms with Crippen molar-refractivity contribution >= 4 is 5.97 Å². The maximum Gasteiger partial charge on any atom is 0.359 e. The van der Waals surface area contributed by atoms with Crippen molar-refractivity contribution in [3.8, 4) is 0 Å². The molecule has 1 aliphatic heterocycles. The molecule has 0 bridgehead atoms. The molecule has 3 heteroatoms. The minimum absolute atomic E-state index is 0.343. The van der Waals surface area contributed by atoms with Crippen molar-refractivity contribution in [1.29, 1.82) is 0 Å². The molecule has 0 aromatic heterocycles. The van der Waals surface area contributed by atoms with Gasteiger partial charge in [-0.15, -0.1) is 0 Å².